The summed E-state index contributed by atoms with van der Waals surface area (Å²) in [5, 5.41) is 29.9. The largest absolute Gasteiger partial charge is 0.390 e. The zero-order chi connectivity index (χ0) is 15.1. The van der Waals surface area contributed by atoms with Crippen LogP contribution in [0.5, 0.6) is 0 Å². The van der Waals surface area contributed by atoms with Crippen LogP contribution < -0.4 is 5.73 Å². The first-order chi connectivity index (χ1) is 10.0. The van der Waals surface area contributed by atoms with Crippen molar-refractivity contribution in [2.24, 2.45) is 0 Å². The van der Waals surface area contributed by atoms with E-state index < -0.39 is 30.6 Å². The summed E-state index contributed by atoms with van der Waals surface area (Å²) in [6.07, 6.45) is -2.47. The van der Waals surface area contributed by atoms with E-state index in [-0.39, 0.29) is 12.2 Å². The Morgan fingerprint density at radius 1 is 1.33 bits per heavy atom. The third-order valence-electron chi connectivity index (χ3n) is 3.61. The lowest BCUT2D eigenvalue weighted by Gasteiger charge is -2.19. The number of hydrogen-bond donors (Lipinski definition) is 4. The molecule has 9 nitrogen and oxygen atoms in total. The van der Waals surface area contributed by atoms with E-state index in [2.05, 4.69) is 21.9 Å². The molecule has 0 amide bonds. The molecule has 21 heavy (non-hydrogen) atoms. The van der Waals surface area contributed by atoms with E-state index >= 15 is 0 Å². The zero-order valence-electron chi connectivity index (χ0n) is 11.1. The Morgan fingerprint density at radius 2 is 2.10 bits per heavy atom. The Bertz CT molecular complexity index is 648. The number of rotatable bonds is 3. The first kappa shape index (κ1) is 14.1. The Kier molecular flexibility index (Phi) is 3.49. The molecule has 0 unspecified atom stereocenters. The Balaban J connectivity index is 1.98. The van der Waals surface area contributed by atoms with Gasteiger partial charge in [0, 0.05) is 0 Å². The van der Waals surface area contributed by atoms with Crippen molar-refractivity contribution in [2.45, 2.75) is 37.1 Å². The molecule has 3 heterocycles. The average Bonchev–Trinajstić information content (AvgIpc) is 3.02. The smallest absolute Gasteiger partial charge is 0.167 e. The van der Waals surface area contributed by atoms with Gasteiger partial charge in [0.15, 0.2) is 17.7 Å². The number of nitrogen functional groups attached to an aromatic ring is 1. The van der Waals surface area contributed by atoms with E-state index in [0.29, 0.717) is 11.2 Å². The van der Waals surface area contributed by atoms with Crippen molar-refractivity contribution in [2.75, 3.05) is 5.73 Å². The van der Waals surface area contributed by atoms with Crippen LogP contribution in [0.1, 0.15) is 12.6 Å². The SMILES string of the molecule is [CH2]C[C@@H](O)[C@H]1O[C@@H](n2cnc3c(N)ncnc32)[C@H](O)[C@@H]1O. The van der Waals surface area contributed by atoms with Crippen molar-refractivity contribution in [3.05, 3.63) is 19.6 Å². The monoisotopic (exact) mass is 294 g/mol. The molecular weight excluding hydrogens is 278 g/mol. The summed E-state index contributed by atoms with van der Waals surface area (Å²) in [5.74, 6) is 0.209. The Hall–Kier alpha value is -1.81. The van der Waals surface area contributed by atoms with Gasteiger partial charge < -0.3 is 25.8 Å². The molecule has 0 bridgehead atoms. The first-order valence-electron chi connectivity index (χ1n) is 6.46. The van der Waals surface area contributed by atoms with Crippen LogP contribution in [-0.4, -0.2) is 59.3 Å². The number of fused-ring (bicyclic) bond motifs is 1. The summed E-state index contributed by atoms with van der Waals surface area (Å²) in [6.45, 7) is 3.56. The molecule has 5 atom stereocenters. The molecule has 2 aromatic heterocycles. The van der Waals surface area contributed by atoms with Gasteiger partial charge in [-0.25, -0.2) is 15.0 Å². The molecule has 1 aliphatic rings. The van der Waals surface area contributed by atoms with Gasteiger partial charge in [-0.3, -0.25) is 4.57 Å². The molecule has 1 saturated heterocycles. The van der Waals surface area contributed by atoms with Crippen LogP contribution >= 0.6 is 0 Å². The number of aliphatic hydroxyl groups is 3. The molecule has 1 radical (unpaired) electrons. The van der Waals surface area contributed by atoms with E-state index in [1.807, 2.05) is 0 Å². The van der Waals surface area contributed by atoms with Crippen molar-refractivity contribution in [1.29, 1.82) is 0 Å². The highest BCUT2D eigenvalue weighted by Crippen LogP contribution is 2.33. The van der Waals surface area contributed by atoms with E-state index in [9.17, 15) is 15.3 Å². The topological polar surface area (TPSA) is 140 Å². The van der Waals surface area contributed by atoms with Crippen LogP contribution in [0.4, 0.5) is 5.82 Å². The molecule has 0 aromatic carbocycles. The molecule has 0 saturated carbocycles. The molecule has 0 aliphatic carbocycles. The van der Waals surface area contributed by atoms with Gasteiger partial charge in [-0.1, -0.05) is 6.92 Å². The highest BCUT2D eigenvalue weighted by Gasteiger charge is 2.46. The lowest BCUT2D eigenvalue weighted by molar-refractivity contribution is -0.0824. The van der Waals surface area contributed by atoms with Crippen LogP contribution in [0.3, 0.4) is 0 Å². The second-order valence-electron chi connectivity index (χ2n) is 4.91. The normalized spacial score (nSPS) is 30.9. The minimum atomic E-state index is -1.23. The van der Waals surface area contributed by atoms with E-state index in [4.69, 9.17) is 10.5 Å². The molecule has 1 fully saturated rings. The second kappa shape index (κ2) is 5.19. The van der Waals surface area contributed by atoms with E-state index in [1.54, 1.807) is 0 Å². The zero-order valence-corrected chi connectivity index (χ0v) is 11.1. The number of imidazole rings is 1. The fourth-order valence-corrected chi connectivity index (χ4v) is 2.45. The summed E-state index contributed by atoms with van der Waals surface area (Å²) >= 11 is 0. The third kappa shape index (κ3) is 2.14. The Labute approximate surface area is 120 Å². The summed E-state index contributed by atoms with van der Waals surface area (Å²) in [6, 6.07) is 0. The summed E-state index contributed by atoms with van der Waals surface area (Å²) < 4.78 is 7.02. The van der Waals surface area contributed by atoms with E-state index in [0.717, 1.165) is 0 Å². The van der Waals surface area contributed by atoms with Crippen LogP contribution in [0.15, 0.2) is 12.7 Å². The Morgan fingerprint density at radius 3 is 2.81 bits per heavy atom. The molecule has 9 heteroatoms. The molecule has 5 N–H and O–H groups in total. The van der Waals surface area contributed by atoms with Crippen molar-refractivity contribution < 1.29 is 20.1 Å². The van der Waals surface area contributed by atoms with Gasteiger partial charge in [0.1, 0.15) is 30.2 Å². The van der Waals surface area contributed by atoms with Gasteiger partial charge in [0.05, 0.1) is 12.4 Å². The lowest BCUT2D eigenvalue weighted by atomic mass is 10.0. The fraction of sp³-hybridized carbons (Fsp3) is 0.500. The van der Waals surface area contributed by atoms with Crippen molar-refractivity contribution >= 4 is 17.0 Å². The summed E-state index contributed by atoms with van der Waals surface area (Å²) in [4.78, 5) is 12.0. The van der Waals surface area contributed by atoms with Crippen LogP contribution in [-0.2, 0) is 4.74 Å². The van der Waals surface area contributed by atoms with Crippen LogP contribution in [0.2, 0.25) is 0 Å². The maximum absolute atomic E-state index is 10.1. The van der Waals surface area contributed by atoms with Crippen LogP contribution in [0, 0.1) is 6.92 Å². The average molecular weight is 294 g/mol. The molecule has 113 valence electrons. The number of aromatic nitrogens is 4. The lowest BCUT2D eigenvalue weighted by Crippen LogP contribution is -2.38. The standard InChI is InChI=1S/C12H16N5O4/c1-2-5(18)9-7(19)8(20)12(21-9)17-4-16-6-10(13)14-3-15-11(6)17/h3-5,7-9,12,18-20H,1-2H2,(H2,13,14,15)/t5-,7+,8-,9-,12-/m1/s1. The predicted molar refractivity (Wildman–Crippen MR) is 71.6 cm³/mol. The van der Waals surface area contributed by atoms with Gasteiger partial charge >= 0.3 is 0 Å². The maximum atomic E-state index is 10.1. The maximum Gasteiger partial charge on any atom is 0.167 e. The van der Waals surface area contributed by atoms with Crippen LogP contribution in [0.25, 0.3) is 11.2 Å². The van der Waals surface area contributed by atoms with Gasteiger partial charge in [-0.15, -0.1) is 0 Å². The molecule has 2 aromatic rings. The number of nitrogens with zero attached hydrogens (tertiary/aromatic N) is 4. The minimum absolute atomic E-state index is 0.154. The van der Waals surface area contributed by atoms with Gasteiger partial charge in [0.25, 0.3) is 0 Å². The fourth-order valence-electron chi connectivity index (χ4n) is 2.45. The van der Waals surface area contributed by atoms with Gasteiger partial charge in [0.2, 0.25) is 0 Å². The number of nitrogens with two attached hydrogens (primary N) is 1. The highest BCUT2D eigenvalue weighted by molar-refractivity contribution is 5.81. The second-order valence-corrected chi connectivity index (χ2v) is 4.91. The summed E-state index contributed by atoms with van der Waals surface area (Å²) in [5.41, 5.74) is 6.46. The van der Waals surface area contributed by atoms with Crippen molar-refractivity contribution in [3.8, 4) is 0 Å². The number of ether oxygens (including phenoxy) is 1. The minimum Gasteiger partial charge on any atom is -0.390 e. The number of anilines is 1. The molecule has 1 aliphatic heterocycles. The molecule has 3 rings (SSSR count). The van der Waals surface area contributed by atoms with Crippen molar-refractivity contribution in [3.63, 3.8) is 0 Å². The number of aliphatic hydroxyl groups excluding tert-OH is 3. The number of hydrogen-bond acceptors (Lipinski definition) is 8. The predicted octanol–water partition coefficient (Wildman–Crippen LogP) is -1.39. The molecular formula is C12H16N5O4. The first-order valence-corrected chi connectivity index (χ1v) is 6.46. The van der Waals surface area contributed by atoms with Crippen molar-refractivity contribution in [1.82, 2.24) is 19.5 Å². The quantitative estimate of drug-likeness (QED) is 0.542. The van der Waals surface area contributed by atoms with Gasteiger partial charge in [-0.2, -0.15) is 0 Å². The van der Waals surface area contributed by atoms with Gasteiger partial charge in [-0.05, 0) is 6.42 Å². The highest BCUT2D eigenvalue weighted by atomic mass is 16.6. The van der Waals surface area contributed by atoms with E-state index in [1.165, 1.54) is 17.2 Å². The third-order valence-corrected chi connectivity index (χ3v) is 3.61. The molecule has 0 spiro atoms. The summed E-state index contributed by atoms with van der Waals surface area (Å²) in [7, 11) is 0.